The van der Waals surface area contributed by atoms with Crippen LogP contribution in [0.2, 0.25) is 5.02 Å². The van der Waals surface area contributed by atoms with Crippen molar-refractivity contribution >= 4 is 51.2 Å². The van der Waals surface area contributed by atoms with E-state index in [9.17, 15) is 4.79 Å². The Labute approximate surface area is 142 Å². The molecule has 0 saturated heterocycles. The summed E-state index contributed by atoms with van der Waals surface area (Å²) in [6.07, 6.45) is 0. The first kappa shape index (κ1) is 15.3. The van der Waals surface area contributed by atoms with Crippen molar-refractivity contribution in [2.75, 3.05) is 10.7 Å². The Hall–Kier alpha value is -2.57. The Morgan fingerprint density at radius 1 is 1.09 bits per heavy atom. The number of anilines is 2. The number of hydrogen-bond acceptors (Lipinski definition) is 3. The summed E-state index contributed by atoms with van der Waals surface area (Å²) >= 11 is 11.2. The second-order valence-corrected chi connectivity index (χ2v) is 5.65. The molecule has 0 radical (unpaired) electrons. The topological polar surface area (TPSA) is 69.0 Å². The summed E-state index contributed by atoms with van der Waals surface area (Å²) in [5.74, 6) is 0. The van der Waals surface area contributed by atoms with Crippen molar-refractivity contribution < 1.29 is 0 Å². The van der Waals surface area contributed by atoms with E-state index in [1.165, 1.54) is 6.07 Å². The van der Waals surface area contributed by atoms with Crippen LogP contribution in [0.25, 0.3) is 10.9 Å². The number of H-pyrrole nitrogens is 1. The number of pyridine rings is 1. The molecule has 1 heterocycles. The summed E-state index contributed by atoms with van der Waals surface area (Å²) < 4.78 is 0. The number of thiocarbonyl (C=S) groups is 1. The number of aromatic amines is 1. The van der Waals surface area contributed by atoms with Crippen LogP contribution in [0.1, 0.15) is 0 Å². The third-order valence-corrected chi connectivity index (χ3v) is 3.59. The molecule has 1 aromatic heterocycles. The Morgan fingerprint density at radius 3 is 2.65 bits per heavy atom. The minimum atomic E-state index is -0.217. The molecule has 0 aliphatic rings. The third kappa shape index (κ3) is 3.80. The summed E-state index contributed by atoms with van der Waals surface area (Å²) in [6, 6.07) is 16.2. The van der Waals surface area contributed by atoms with E-state index in [-0.39, 0.29) is 5.56 Å². The van der Waals surface area contributed by atoms with E-state index in [0.29, 0.717) is 21.3 Å². The van der Waals surface area contributed by atoms with Crippen molar-refractivity contribution in [3.05, 3.63) is 70.0 Å². The lowest BCUT2D eigenvalue weighted by Crippen LogP contribution is -2.33. The number of hydrogen-bond donors (Lipinski definition) is 4. The fraction of sp³-hybridized carbons (Fsp3) is 0. The average molecular weight is 345 g/mol. The number of aromatic nitrogens is 1. The predicted molar refractivity (Wildman–Crippen MR) is 99.0 cm³/mol. The normalized spacial score (nSPS) is 10.3. The number of benzene rings is 2. The monoisotopic (exact) mass is 344 g/mol. The highest BCUT2D eigenvalue weighted by atomic mass is 35.5. The Morgan fingerprint density at radius 2 is 1.87 bits per heavy atom. The largest absolute Gasteiger partial charge is 0.331 e. The molecule has 0 saturated carbocycles. The van der Waals surface area contributed by atoms with Crippen LogP contribution in [-0.2, 0) is 0 Å². The molecule has 2 aromatic carbocycles. The highest BCUT2D eigenvalue weighted by Crippen LogP contribution is 2.23. The van der Waals surface area contributed by atoms with E-state index in [2.05, 4.69) is 21.2 Å². The van der Waals surface area contributed by atoms with Crippen molar-refractivity contribution in [2.45, 2.75) is 0 Å². The lowest BCUT2D eigenvalue weighted by molar-refractivity contribution is 1.13. The number of nitrogens with one attached hydrogen (secondary N) is 4. The molecule has 0 fully saturated rings. The van der Waals surface area contributed by atoms with Gasteiger partial charge in [0.2, 0.25) is 0 Å². The molecule has 0 atom stereocenters. The molecule has 5 nitrogen and oxygen atoms in total. The fourth-order valence-corrected chi connectivity index (χ4v) is 2.48. The molecule has 7 heteroatoms. The van der Waals surface area contributed by atoms with E-state index < -0.39 is 0 Å². The van der Waals surface area contributed by atoms with E-state index in [0.717, 1.165) is 11.1 Å². The summed E-state index contributed by atoms with van der Waals surface area (Å²) in [7, 11) is 0. The summed E-state index contributed by atoms with van der Waals surface area (Å²) in [5.41, 5.74) is 7.73. The molecule has 0 aliphatic carbocycles. The maximum absolute atomic E-state index is 11.7. The smallest absolute Gasteiger partial charge is 0.250 e. The molecule has 116 valence electrons. The van der Waals surface area contributed by atoms with E-state index in [1.54, 1.807) is 18.2 Å². The van der Waals surface area contributed by atoms with Crippen molar-refractivity contribution in [3.63, 3.8) is 0 Å². The van der Waals surface area contributed by atoms with Crippen LogP contribution in [0.5, 0.6) is 0 Å². The van der Waals surface area contributed by atoms with Crippen molar-refractivity contribution in [3.8, 4) is 0 Å². The van der Waals surface area contributed by atoms with Gasteiger partial charge in [-0.15, -0.1) is 0 Å². The van der Waals surface area contributed by atoms with Gasteiger partial charge < -0.3 is 10.3 Å². The maximum atomic E-state index is 11.7. The molecule has 0 spiro atoms. The first-order chi connectivity index (χ1) is 11.1. The lowest BCUT2D eigenvalue weighted by atomic mass is 10.2. The van der Waals surface area contributed by atoms with Crippen molar-refractivity contribution in [1.82, 2.24) is 10.4 Å². The van der Waals surface area contributed by atoms with E-state index >= 15 is 0 Å². The molecular weight excluding hydrogens is 332 g/mol. The Bertz CT molecular complexity index is 911. The first-order valence-electron chi connectivity index (χ1n) is 6.82. The van der Waals surface area contributed by atoms with Crippen LogP contribution >= 0.6 is 23.8 Å². The minimum Gasteiger partial charge on any atom is -0.331 e. The quantitative estimate of drug-likeness (QED) is 0.432. The first-order valence-corrected chi connectivity index (χ1v) is 7.61. The van der Waals surface area contributed by atoms with Crippen LogP contribution in [0.3, 0.4) is 0 Å². The number of hydrazine groups is 1. The highest BCUT2D eigenvalue weighted by Gasteiger charge is 2.05. The molecule has 0 unspecified atom stereocenters. The second-order valence-electron chi connectivity index (χ2n) is 4.81. The van der Waals surface area contributed by atoms with Gasteiger partial charge in [0.1, 0.15) is 0 Å². The number of rotatable bonds is 3. The van der Waals surface area contributed by atoms with Gasteiger partial charge in [0, 0.05) is 22.2 Å². The zero-order valence-electron chi connectivity index (χ0n) is 11.9. The van der Waals surface area contributed by atoms with Crippen LogP contribution in [0.15, 0.2) is 59.4 Å². The van der Waals surface area contributed by atoms with Gasteiger partial charge in [-0.25, -0.2) is 0 Å². The fourth-order valence-electron chi connectivity index (χ4n) is 2.14. The van der Waals surface area contributed by atoms with E-state index in [1.807, 2.05) is 30.3 Å². The van der Waals surface area contributed by atoms with E-state index in [4.69, 9.17) is 23.8 Å². The average Bonchev–Trinajstić information content (AvgIpc) is 2.54. The lowest BCUT2D eigenvalue weighted by Gasteiger charge is -2.14. The third-order valence-electron chi connectivity index (χ3n) is 3.15. The highest BCUT2D eigenvalue weighted by molar-refractivity contribution is 7.80. The molecule has 3 rings (SSSR count). The Balaban J connectivity index is 1.77. The van der Waals surface area contributed by atoms with Gasteiger partial charge in [-0.1, -0.05) is 29.8 Å². The molecule has 0 amide bonds. The molecule has 3 aromatic rings. The number of para-hydroxylation sites is 1. The minimum absolute atomic E-state index is 0.217. The summed E-state index contributed by atoms with van der Waals surface area (Å²) in [4.78, 5) is 14.5. The second kappa shape index (κ2) is 6.68. The van der Waals surface area contributed by atoms with Gasteiger partial charge >= 0.3 is 0 Å². The SMILES string of the molecule is O=c1cc(NNC(=S)Nc2ccccc2)c2cc(Cl)ccc2[nH]1. The Kier molecular flexibility index (Phi) is 4.45. The summed E-state index contributed by atoms with van der Waals surface area (Å²) in [6.45, 7) is 0. The standard InChI is InChI=1S/C16H13ClN4OS/c17-10-6-7-13-12(8-10)14(9-15(22)19-13)20-21-16(23)18-11-4-2-1-3-5-11/h1-9H,(H2,18,21,23)(H2,19,20,22). The van der Waals surface area contributed by atoms with Crippen molar-refractivity contribution in [2.24, 2.45) is 0 Å². The van der Waals surface area contributed by atoms with Gasteiger partial charge in [-0.2, -0.15) is 0 Å². The van der Waals surface area contributed by atoms with Gasteiger partial charge in [0.25, 0.3) is 5.56 Å². The number of fused-ring (bicyclic) bond motifs is 1. The molecule has 4 N–H and O–H groups in total. The zero-order chi connectivity index (χ0) is 16.2. The molecular formula is C16H13ClN4OS. The van der Waals surface area contributed by atoms with Crippen molar-refractivity contribution in [1.29, 1.82) is 0 Å². The maximum Gasteiger partial charge on any atom is 0.250 e. The number of halogens is 1. The van der Waals surface area contributed by atoms with Gasteiger partial charge in [-0.3, -0.25) is 15.6 Å². The zero-order valence-corrected chi connectivity index (χ0v) is 13.5. The molecule has 0 bridgehead atoms. The van der Waals surface area contributed by atoms with Crippen LogP contribution in [0, 0.1) is 0 Å². The van der Waals surface area contributed by atoms with Crippen LogP contribution in [0.4, 0.5) is 11.4 Å². The van der Waals surface area contributed by atoms with Crippen LogP contribution < -0.4 is 21.7 Å². The summed E-state index contributed by atoms with van der Waals surface area (Å²) in [5, 5.41) is 4.78. The van der Waals surface area contributed by atoms with Gasteiger partial charge in [-0.05, 0) is 42.5 Å². The van der Waals surface area contributed by atoms with Gasteiger partial charge in [0.05, 0.1) is 11.2 Å². The predicted octanol–water partition coefficient (Wildman–Crippen LogP) is 3.50. The molecule has 23 heavy (non-hydrogen) atoms. The van der Waals surface area contributed by atoms with Crippen LogP contribution in [-0.4, -0.2) is 10.1 Å². The van der Waals surface area contributed by atoms with Gasteiger partial charge in [0.15, 0.2) is 5.11 Å². The molecule has 0 aliphatic heterocycles.